The predicted molar refractivity (Wildman–Crippen MR) is 56.0 cm³/mol. The van der Waals surface area contributed by atoms with Crippen molar-refractivity contribution in [2.24, 2.45) is 4.99 Å². The smallest absolute Gasteiger partial charge is 0.220 e. The summed E-state index contributed by atoms with van der Waals surface area (Å²) in [5.41, 5.74) is 0.696. The summed E-state index contributed by atoms with van der Waals surface area (Å²) in [4.78, 5) is 14.7. The lowest BCUT2D eigenvalue weighted by Crippen LogP contribution is -2.17. The zero-order chi connectivity index (χ0) is 10.4. The molecule has 0 aromatic carbocycles. The van der Waals surface area contributed by atoms with E-state index in [-0.39, 0.29) is 11.9 Å². The molecule has 0 heterocycles. The van der Waals surface area contributed by atoms with Crippen LogP contribution in [0.4, 0.5) is 0 Å². The SMILES string of the molecule is CC(=O)N/C(C)=C/C(Cl)=N\C(C)C. The number of aliphatic imine (C=N–C) groups is 1. The highest BCUT2D eigenvalue weighted by Gasteiger charge is 1.95. The van der Waals surface area contributed by atoms with Crippen molar-refractivity contribution in [3.8, 4) is 0 Å². The summed E-state index contributed by atoms with van der Waals surface area (Å²) in [6, 6.07) is 0.161. The lowest BCUT2D eigenvalue weighted by atomic mass is 10.4. The van der Waals surface area contributed by atoms with Gasteiger partial charge in [0.15, 0.2) is 0 Å². The maximum atomic E-state index is 10.6. The zero-order valence-electron chi connectivity index (χ0n) is 8.39. The molecule has 0 saturated carbocycles. The average molecular weight is 203 g/mol. The number of amides is 1. The number of nitrogens with one attached hydrogen (secondary N) is 1. The Morgan fingerprint density at radius 1 is 1.46 bits per heavy atom. The predicted octanol–water partition coefficient (Wildman–Crippen LogP) is 2.07. The van der Waals surface area contributed by atoms with Crippen LogP contribution in [0.25, 0.3) is 0 Å². The normalized spacial score (nSPS) is 13.4. The molecule has 0 unspecified atom stereocenters. The molecule has 0 atom stereocenters. The van der Waals surface area contributed by atoms with Crippen molar-refractivity contribution in [3.63, 3.8) is 0 Å². The van der Waals surface area contributed by atoms with Gasteiger partial charge in [0.2, 0.25) is 5.91 Å². The largest absolute Gasteiger partial charge is 0.330 e. The third-order valence-corrected chi connectivity index (χ3v) is 1.30. The molecule has 74 valence electrons. The quantitative estimate of drug-likeness (QED) is 0.700. The Morgan fingerprint density at radius 3 is 2.38 bits per heavy atom. The minimum atomic E-state index is -0.109. The Balaban J connectivity index is 4.29. The average Bonchev–Trinajstić information content (AvgIpc) is 1.80. The van der Waals surface area contributed by atoms with Gasteiger partial charge in [-0.3, -0.25) is 9.79 Å². The highest BCUT2D eigenvalue weighted by molar-refractivity contribution is 6.68. The van der Waals surface area contributed by atoms with Crippen molar-refractivity contribution in [2.75, 3.05) is 0 Å². The molecule has 0 fully saturated rings. The van der Waals surface area contributed by atoms with E-state index in [1.807, 2.05) is 13.8 Å². The van der Waals surface area contributed by atoms with Crippen LogP contribution >= 0.6 is 11.6 Å². The number of hydrogen-bond donors (Lipinski definition) is 1. The fourth-order valence-corrected chi connectivity index (χ4v) is 1.14. The second-order valence-corrected chi connectivity index (χ2v) is 3.44. The molecule has 1 amide bonds. The van der Waals surface area contributed by atoms with Crippen molar-refractivity contribution in [2.45, 2.75) is 33.7 Å². The lowest BCUT2D eigenvalue weighted by Gasteiger charge is -2.01. The van der Waals surface area contributed by atoms with Gasteiger partial charge in [-0.25, -0.2) is 0 Å². The van der Waals surface area contributed by atoms with E-state index in [1.54, 1.807) is 13.0 Å². The molecule has 0 aromatic heterocycles. The van der Waals surface area contributed by atoms with Gasteiger partial charge in [-0.2, -0.15) is 0 Å². The van der Waals surface area contributed by atoms with Crippen LogP contribution in [-0.2, 0) is 4.79 Å². The molecule has 0 aromatic rings. The molecule has 4 heteroatoms. The van der Waals surface area contributed by atoms with E-state index in [0.29, 0.717) is 10.9 Å². The van der Waals surface area contributed by atoms with Gasteiger partial charge in [0.25, 0.3) is 0 Å². The van der Waals surface area contributed by atoms with Gasteiger partial charge in [-0.05, 0) is 26.8 Å². The van der Waals surface area contributed by atoms with E-state index >= 15 is 0 Å². The van der Waals surface area contributed by atoms with Crippen LogP contribution < -0.4 is 5.32 Å². The molecule has 0 rings (SSSR count). The number of carbonyl (C=O) groups excluding carboxylic acids is 1. The Bertz CT molecular complexity index is 244. The summed E-state index contributed by atoms with van der Waals surface area (Å²) >= 11 is 5.78. The van der Waals surface area contributed by atoms with Crippen molar-refractivity contribution in [1.82, 2.24) is 5.32 Å². The van der Waals surface area contributed by atoms with E-state index in [9.17, 15) is 4.79 Å². The van der Waals surface area contributed by atoms with Crippen LogP contribution in [-0.4, -0.2) is 17.1 Å². The molecular weight excluding hydrogens is 188 g/mol. The third kappa shape index (κ3) is 7.53. The number of hydrogen-bond acceptors (Lipinski definition) is 2. The van der Waals surface area contributed by atoms with Gasteiger partial charge >= 0.3 is 0 Å². The fourth-order valence-electron chi connectivity index (χ4n) is 0.776. The van der Waals surface area contributed by atoms with Crippen molar-refractivity contribution >= 4 is 22.7 Å². The molecule has 3 nitrogen and oxygen atoms in total. The fraction of sp³-hybridized carbons (Fsp3) is 0.556. The molecule has 0 spiro atoms. The van der Waals surface area contributed by atoms with Crippen LogP contribution in [0.2, 0.25) is 0 Å². The molecular formula is C9H15ClN2O. The Kier molecular flexibility index (Phi) is 5.39. The summed E-state index contributed by atoms with van der Waals surface area (Å²) in [6.45, 7) is 7.08. The second kappa shape index (κ2) is 5.75. The van der Waals surface area contributed by atoms with Gasteiger partial charge in [0.05, 0.1) is 0 Å². The van der Waals surface area contributed by atoms with Crippen molar-refractivity contribution in [3.05, 3.63) is 11.8 Å². The third-order valence-electron chi connectivity index (χ3n) is 1.09. The minimum Gasteiger partial charge on any atom is -0.330 e. The van der Waals surface area contributed by atoms with Crippen molar-refractivity contribution < 1.29 is 4.79 Å². The molecule has 1 N–H and O–H groups in total. The highest BCUT2D eigenvalue weighted by Crippen LogP contribution is 1.97. The summed E-state index contributed by atoms with van der Waals surface area (Å²) in [6.07, 6.45) is 1.63. The van der Waals surface area contributed by atoms with Gasteiger partial charge < -0.3 is 5.32 Å². The summed E-state index contributed by atoms with van der Waals surface area (Å²) in [5.74, 6) is -0.109. The second-order valence-electron chi connectivity index (χ2n) is 3.05. The number of allylic oxidation sites excluding steroid dienone is 2. The van der Waals surface area contributed by atoms with Crippen molar-refractivity contribution in [1.29, 1.82) is 0 Å². The number of rotatable bonds is 3. The number of nitrogens with zero attached hydrogens (tertiary/aromatic N) is 1. The molecule has 0 radical (unpaired) electrons. The van der Waals surface area contributed by atoms with Gasteiger partial charge in [-0.1, -0.05) is 11.6 Å². The Morgan fingerprint density at radius 2 is 2.00 bits per heavy atom. The number of carbonyl (C=O) groups is 1. The summed E-state index contributed by atoms with van der Waals surface area (Å²) < 4.78 is 0. The first kappa shape index (κ1) is 12.2. The first-order valence-corrected chi connectivity index (χ1v) is 4.48. The van der Waals surface area contributed by atoms with E-state index in [4.69, 9.17) is 11.6 Å². The van der Waals surface area contributed by atoms with Crippen LogP contribution in [0.3, 0.4) is 0 Å². The molecule has 13 heavy (non-hydrogen) atoms. The van der Waals surface area contributed by atoms with Crippen LogP contribution in [0.15, 0.2) is 16.8 Å². The maximum absolute atomic E-state index is 10.6. The zero-order valence-corrected chi connectivity index (χ0v) is 9.14. The topological polar surface area (TPSA) is 41.5 Å². The van der Waals surface area contributed by atoms with Gasteiger partial charge in [-0.15, -0.1) is 0 Å². The standard InChI is InChI=1S/C9H15ClN2O/c1-6(2)11-9(10)5-7(3)12-8(4)13/h5-6H,1-4H3,(H,12,13)/b7-5+,11-9+. The van der Waals surface area contributed by atoms with Crippen LogP contribution in [0.1, 0.15) is 27.7 Å². The Hall–Kier alpha value is -0.830. The molecule has 0 bridgehead atoms. The molecule has 0 aliphatic heterocycles. The van der Waals surface area contributed by atoms with Gasteiger partial charge in [0.1, 0.15) is 5.17 Å². The van der Waals surface area contributed by atoms with E-state index < -0.39 is 0 Å². The molecule has 0 saturated heterocycles. The minimum absolute atomic E-state index is 0.109. The first-order valence-electron chi connectivity index (χ1n) is 4.11. The Labute approximate surface area is 83.9 Å². The van der Waals surface area contributed by atoms with Gasteiger partial charge in [0, 0.05) is 18.7 Å². The summed E-state index contributed by atoms with van der Waals surface area (Å²) in [5, 5.41) is 3.01. The molecule has 0 aliphatic carbocycles. The summed E-state index contributed by atoms with van der Waals surface area (Å²) in [7, 11) is 0. The lowest BCUT2D eigenvalue weighted by molar-refractivity contribution is -0.118. The first-order chi connectivity index (χ1) is 5.91. The highest BCUT2D eigenvalue weighted by atomic mass is 35.5. The van der Waals surface area contributed by atoms with E-state index in [0.717, 1.165) is 0 Å². The van der Waals surface area contributed by atoms with E-state index in [2.05, 4.69) is 10.3 Å². The van der Waals surface area contributed by atoms with Crippen LogP contribution in [0.5, 0.6) is 0 Å². The maximum Gasteiger partial charge on any atom is 0.220 e. The monoisotopic (exact) mass is 202 g/mol. The number of halogens is 1. The van der Waals surface area contributed by atoms with E-state index in [1.165, 1.54) is 6.92 Å². The van der Waals surface area contributed by atoms with Crippen LogP contribution in [0, 0.1) is 0 Å². The molecule has 0 aliphatic rings.